The fourth-order valence-corrected chi connectivity index (χ4v) is 3.41. The third-order valence-corrected chi connectivity index (χ3v) is 5.85. The van der Waals surface area contributed by atoms with Gasteiger partial charge in [-0.3, -0.25) is 0 Å². The second-order valence-electron chi connectivity index (χ2n) is 9.60. The van der Waals surface area contributed by atoms with Crippen molar-refractivity contribution in [1.82, 2.24) is 0 Å². The molecule has 0 aromatic carbocycles. The highest BCUT2D eigenvalue weighted by atomic mass is 16.3. The summed E-state index contributed by atoms with van der Waals surface area (Å²) in [7, 11) is 0. The zero-order chi connectivity index (χ0) is 23.6. The van der Waals surface area contributed by atoms with Crippen LogP contribution in [0.25, 0.3) is 0 Å². The van der Waals surface area contributed by atoms with E-state index in [-0.39, 0.29) is 12.5 Å². The molecule has 176 valence electrons. The fourth-order valence-electron chi connectivity index (χ4n) is 3.41. The van der Waals surface area contributed by atoms with E-state index in [2.05, 4.69) is 78.5 Å². The smallest absolute Gasteiger partial charge is 0.0499 e. The summed E-state index contributed by atoms with van der Waals surface area (Å²) < 4.78 is 0. The van der Waals surface area contributed by atoms with Gasteiger partial charge in [0.25, 0.3) is 0 Å². The number of aliphatic hydroxyl groups excluding tert-OH is 1. The summed E-state index contributed by atoms with van der Waals surface area (Å²) in [4.78, 5) is 0. The molecule has 0 saturated carbocycles. The van der Waals surface area contributed by atoms with Gasteiger partial charge in [0.1, 0.15) is 0 Å². The van der Waals surface area contributed by atoms with E-state index in [0.717, 1.165) is 50.5 Å². The standard InChI is InChI=1S/C30H50O/c1-24(2)13-9-14-26(5)15-10-16-27(6)17-11-18-28(7)19-12-20-29(8)21-22-30(23-31)25(3)4/h13,15,17,19,21,30-31H,3,9-12,14,16,18,20,22-23H2,1-2,4-8H3. The highest BCUT2D eigenvalue weighted by Gasteiger charge is 2.05. The molecule has 0 saturated heterocycles. The first-order valence-electron chi connectivity index (χ1n) is 12.2. The fraction of sp³-hybridized carbons (Fsp3) is 0.600. The van der Waals surface area contributed by atoms with E-state index in [1.165, 1.54) is 40.7 Å². The maximum absolute atomic E-state index is 9.39. The second kappa shape index (κ2) is 18.0. The molecule has 0 rings (SSSR count). The Bertz CT molecular complexity index is 663. The number of rotatable bonds is 16. The van der Waals surface area contributed by atoms with Gasteiger partial charge in [-0.2, -0.15) is 0 Å². The molecule has 0 spiro atoms. The van der Waals surface area contributed by atoms with Crippen LogP contribution >= 0.6 is 0 Å². The van der Waals surface area contributed by atoms with E-state index in [1.54, 1.807) is 0 Å². The number of hydrogen-bond donors (Lipinski definition) is 1. The van der Waals surface area contributed by atoms with Crippen LogP contribution in [0.3, 0.4) is 0 Å². The lowest BCUT2D eigenvalue weighted by atomic mass is 9.97. The van der Waals surface area contributed by atoms with Gasteiger partial charge in [-0.1, -0.05) is 70.4 Å². The van der Waals surface area contributed by atoms with Crippen LogP contribution in [0, 0.1) is 5.92 Å². The Kier molecular flexibility index (Phi) is 17.1. The van der Waals surface area contributed by atoms with Gasteiger partial charge in [0.2, 0.25) is 0 Å². The Balaban J connectivity index is 4.17. The van der Waals surface area contributed by atoms with Crippen molar-refractivity contribution in [2.45, 2.75) is 106 Å². The normalized spacial score (nSPS) is 14.6. The first-order valence-corrected chi connectivity index (χ1v) is 12.2. The van der Waals surface area contributed by atoms with Crippen LogP contribution in [-0.4, -0.2) is 11.7 Å². The Morgan fingerprint density at radius 3 is 1.29 bits per heavy atom. The maximum atomic E-state index is 9.39. The van der Waals surface area contributed by atoms with Crippen molar-refractivity contribution in [1.29, 1.82) is 0 Å². The van der Waals surface area contributed by atoms with Crippen LogP contribution in [0.2, 0.25) is 0 Å². The van der Waals surface area contributed by atoms with Gasteiger partial charge in [0.15, 0.2) is 0 Å². The van der Waals surface area contributed by atoms with Crippen molar-refractivity contribution in [2.75, 3.05) is 6.61 Å². The third kappa shape index (κ3) is 17.7. The molecule has 1 atom stereocenters. The highest BCUT2D eigenvalue weighted by Crippen LogP contribution is 2.17. The minimum absolute atomic E-state index is 0.192. The monoisotopic (exact) mass is 426 g/mol. The zero-order valence-electron chi connectivity index (χ0n) is 21.7. The third-order valence-electron chi connectivity index (χ3n) is 5.85. The average molecular weight is 427 g/mol. The van der Waals surface area contributed by atoms with Gasteiger partial charge >= 0.3 is 0 Å². The first-order chi connectivity index (χ1) is 14.6. The molecule has 0 bridgehead atoms. The molecule has 1 heteroatoms. The van der Waals surface area contributed by atoms with Crippen molar-refractivity contribution < 1.29 is 5.11 Å². The molecule has 0 aliphatic rings. The van der Waals surface area contributed by atoms with Crippen molar-refractivity contribution >= 4 is 0 Å². The molecular formula is C30H50O. The molecule has 0 aliphatic heterocycles. The Labute approximate surface area is 194 Å². The maximum Gasteiger partial charge on any atom is 0.0499 e. The van der Waals surface area contributed by atoms with Crippen LogP contribution in [0.5, 0.6) is 0 Å². The Morgan fingerprint density at radius 1 is 0.613 bits per heavy atom. The van der Waals surface area contributed by atoms with Gasteiger partial charge in [0, 0.05) is 12.5 Å². The molecular weight excluding hydrogens is 376 g/mol. The molecule has 31 heavy (non-hydrogen) atoms. The summed E-state index contributed by atoms with van der Waals surface area (Å²) in [5.41, 5.74) is 8.40. The quantitative estimate of drug-likeness (QED) is 0.244. The lowest BCUT2D eigenvalue weighted by molar-refractivity contribution is 0.247. The van der Waals surface area contributed by atoms with Crippen molar-refractivity contribution in [3.8, 4) is 0 Å². The molecule has 0 fully saturated rings. The molecule has 1 N–H and O–H groups in total. The van der Waals surface area contributed by atoms with E-state index in [4.69, 9.17) is 0 Å². The number of hydrogen-bond acceptors (Lipinski definition) is 1. The van der Waals surface area contributed by atoms with Crippen molar-refractivity contribution in [3.63, 3.8) is 0 Å². The molecule has 0 aromatic rings. The van der Waals surface area contributed by atoms with E-state index >= 15 is 0 Å². The predicted octanol–water partition coefficient (Wildman–Crippen LogP) is 9.43. The average Bonchev–Trinajstić information content (AvgIpc) is 2.67. The van der Waals surface area contributed by atoms with Crippen molar-refractivity contribution in [2.24, 2.45) is 5.92 Å². The summed E-state index contributed by atoms with van der Waals surface area (Å²) in [6.45, 7) is 19.5. The van der Waals surface area contributed by atoms with Crippen LogP contribution in [0.1, 0.15) is 106 Å². The van der Waals surface area contributed by atoms with Crippen LogP contribution in [-0.2, 0) is 0 Å². The SMILES string of the molecule is C=C(C)C(CO)CC=C(C)CCC=C(C)CCC=C(C)CCC=C(C)CCC=C(C)C. The largest absolute Gasteiger partial charge is 0.396 e. The summed E-state index contributed by atoms with van der Waals surface area (Å²) in [6.07, 6.45) is 21.9. The molecule has 0 radical (unpaired) electrons. The predicted molar refractivity (Wildman–Crippen MR) is 141 cm³/mol. The summed E-state index contributed by atoms with van der Waals surface area (Å²) in [6, 6.07) is 0. The second-order valence-corrected chi connectivity index (χ2v) is 9.60. The highest BCUT2D eigenvalue weighted by molar-refractivity contribution is 5.09. The van der Waals surface area contributed by atoms with E-state index in [1.807, 2.05) is 6.92 Å². The minimum atomic E-state index is 0.192. The topological polar surface area (TPSA) is 20.2 Å². The Morgan fingerprint density at radius 2 is 0.968 bits per heavy atom. The lowest BCUT2D eigenvalue weighted by Crippen LogP contribution is -2.05. The van der Waals surface area contributed by atoms with E-state index in [0.29, 0.717) is 0 Å². The van der Waals surface area contributed by atoms with Crippen molar-refractivity contribution in [3.05, 3.63) is 70.4 Å². The lowest BCUT2D eigenvalue weighted by Gasteiger charge is -2.11. The van der Waals surface area contributed by atoms with Gasteiger partial charge in [0.05, 0.1) is 0 Å². The summed E-state index contributed by atoms with van der Waals surface area (Å²) in [5.74, 6) is 0.198. The van der Waals surface area contributed by atoms with Gasteiger partial charge < -0.3 is 5.11 Å². The summed E-state index contributed by atoms with van der Waals surface area (Å²) in [5, 5.41) is 9.39. The van der Waals surface area contributed by atoms with Gasteiger partial charge in [-0.05, 0) is 106 Å². The Hall–Kier alpha value is -1.60. The van der Waals surface area contributed by atoms with Crippen LogP contribution in [0.4, 0.5) is 0 Å². The molecule has 1 unspecified atom stereocenters. The molecule has 0 amide bonds. The van der Waals surface area contributed by atoms with E-state index in [9.17, 15) is 5.11 Å². The van der Waals surface area contributed by atoms with E-state index < -0.39 is 0 Å². The molecule has 1 nitrogen and oxygen atoms in total. The molecule has 0 heterocycles. The van der Waals surface area contributed by atoms with Crippen LogP contribution < -0.4 is 0 Å². The summed E-state index contributed by atoms with van der Waals surface area (Å²) >= 11 is 0. The van der Waals surface area contributed by atoms with Gasteiger partial charge in [-0.15, -0.1) is 0 Å². The molecule has 0 aromatic heterocycles. The number of allylic oxidation sites excluding steroid dienone is 10. The van der Waals surface area contributed by atoms with Gasteiger partial charge in [-0.25, -0.2) is 0 Å². The molecule has 0 aliphatic carbocycles. The van der Waals surface area contributed by atoms with Crippen LogP contribution in [0.15, 0.2) is 70.4 Å². The minimum Gasteiger partial charge on any atom is -0.396 e. The first kappa shape index (κ1) is 29.4. The number of aliphatic hydroxyl groups is 1. The zero-order valence-corrected chi connectivity index (χ0v) is 21.7.